The average Bonchev–Trinajstić information content (AvgIpc) is 2.54. The molecule has 0 radical (unpaired) electrons. The number of ketones is 1. The lowest BCUT2D eigenvalue weighted by molar-refractivity contribution is -0.144. The third kappa shape index (κ3) is 4.28. The van der Waals surface area contributed by atoms with E-state index in [1.807, 2.05) is 6.07 Å². The van der Waals surface area contributed by atoms with Gasteiger partial charge in [0.05, 0.1) is 0 Å². The van der Waals surface area contributed by atoms with E-state index in [9.17, 15) is 9.59 Å². The van der Waals surface area contributed by atoms with Crippen LogP contribution in [-0.4, -0.2) is 27.9 Å². The number of aromatic nitrogens is 1. The van der Waals surface area contributed by atoms with E-state index in [4.69, 9.17) is 9.84 Å². The molecule has 0 saturated heterocycles. The van der Waals surface area contributed by atoms with Gasteiger partial charge in [0.25, 0.3) is 0 Å². The molecule has 1 unspecified atom stereocenters. The number of carbonyl (C=O) groups excluding carboxylic acids is 1. The Morgan fingerprint density at radius 3 is 2.55 bits per heavy atom. The highest BCUT2D eigenvalue weighted by Gasteiger charge is 2.12. The molecule has 5 nitrogen and oxygen atoms in total. The molecular formula is C17H15NO4. The zero-order valence-electron chi connectivity index (χ0n) is 12.0. The van der Waals surface area contributed by atoms with Crippen molar-refractivity contribution in [3.05, 3.63) is 66.0 Å². The van der Waals surface area contributed by atoms with Crippen LogP contribution in [0.25, 0.3) is 6.08 Å². The van der Waals surface area contributed by atoms with Crippen molar-refractivity contribution < 1.29 is 19.4 Å². The topological polar surface area (TPSA) is 76.5 Å². The standard InChI is InChI=1S/C17H15NO4/c1-12(17(20)21)22-15-7-5-14(6-8-15)16(19)9-4-13-3-2-10-18-11-13/h2-12H,1H3,(H,20,21)/b9-4+. The Labute approximate surface area is 127 Å². The molecule has 2 rings (SSSR count). The third-order valence-corrected chi connectivity index (χ3v) is 2.91. The minimum absolute atomic E-state index is 0.151. The Balaban J connectivity index is 2.02. The third-order valence-electron chi connectivity index (χ3n) is 2.91. The minimum Gasteiger partial charge on any atom is -0.479 e. The number of nitrogens with zero attached hydrogens (tertiary/aromatic N) is 1. The van der Waals surface area contributed by atoms with Crippen molar-refractivity contribution in [2.45, 2.75) is 13.0 Å². The van der Waals surface area contributed by atoms with Gasteiger partial charge < -0.3 is 9.84 Å². The van der Waals surface area contributed by atoms with E-state index in [0.717, 1.165) is 5.56 Å². The fourth-order valence-electron chi connectivity index (χ4n) is 1.69. The van der Waals surface area contributed by atoms with E-state index in [1.165, 1.54) is 13.0 Å². The number of hydrogen-bond acceptors (Lipinski definition) is 4. The molecule has 22 heavy (non-hydrogen) atoms. The smallest absolute Gasteiger partial charge is 0.344 e. The summed E-state index contributed by atoms with van der Waals surface area (Å²) in [6.07, 6.45) is 5.54. The highest BCUT2D eigenvalue weighted by atomic mass is 16.5. The molecule has 5 heteroatoms. The molecule has 2 aromatic rings. The summed E-state index contributed by atoms with van der Waals surface area (Å²) in [7, 11) is 0. The lowest BCUT2D eigenvalue weighted by Crippen LogP contribution is -2.22. The number of benzene rings is 1. The van der Waals surface area contributed by atoms with E-state index in [0.29, 0.717) is 11.3 Å². The first-order chi connectivity index (χ1) is 10.6. The van der Waals surface area contributed by atoms with Gasteiger partial charge in [0.1, 0.15) is 5.75 Å². The molecule has 0 amide bonds. The second-order valence-electron chi connectivity index (χ2n) is 4.61. The summed E-state index contributed by atoms with van der Waals surface area (Å²) < 4.78 is 5.20. The van der Waals surface area contributed by atoms with Crippen LogP contribution in [-0.2, 0) is 4.79 Å². The summed E-state index contributed by atoms with van der Waals surface area (Å²) in [5.41, 5.74) is 1.33. The molecule has 1 N–H and O–H groups in total. The van der Waals surface area contributed by atoms with Crippen molar-refractivity contribution in [3.8, 4) is 5.75 Å². The average molecular weight is 297 g/mol. The monoisotopic (exact) mass is 297 g/mol. The van der Waals surface area contributed by atoms with Gasteiger partial charge in [-0.15, -0.1) is 0 Å². The maximum atomic E-state index is 12.0. The molecule has 0 bridgehead atoms. The van der Waals surface area contributed by atoms with Gasteiger partial charge in [0.15, 0.2) is 11.9 Å². The second-order valence-corrected chi connectivity index (χ2v) is 4.61. The van der Waals surface area contributed by atoms with Crippen LogP contribution in [0.4, 0.5) is 0 Å². The molecule has 0 spiro atoms. The van der Waals surface area contributed by atoms with Crippen molar-refractivity contribution in [3.63, 3.8) is 0 Å². The van der Waals surface area contributed by atoms with Crippen LogP contribution >= 0.6 is 0 Å². The first-order valence-electron chi connectivity index (χ1n) is 6.68. The Kier molecular flexibility index (Phi) is 5.03. The van der Waals surface area contributed by atoms with Crippen molar-refractivity contribution >= 4 is 17.8 Å². The van der Waals surface area contributed by atoms with E-state index in [-0.39, 0.29) is 5.78 Å². The summed E-state index contributed by atoms with van der Waals surface area (Å²) in [5, 5.41) is 8.77. The molecule has 0 aliphatic rings. The van der Waals surface area contributed by atoms with Crippen LogP contribution in [0.3, 0.4) is 0 Å². The largest absolute Gasteiger partial charge is 0.479 e. The molecule has 0 aliphatic carbocycles. The van der Waals surface area contributed by atoms with Crippen molar-refractivity contribution in [1.82, 2.24) is 4.98 Å². The molecular weight excluding hydrogens is 282 g/mol. The van der Waals surface area contributed by atoms with Gasteiger partial charge >= 0.3 is 5.97 Å². The van der Waals surface area contributed by atoms with Crippen LogP contribution in [0.2, 0.25) is 0 Å². The van der Waals surface area contributed by atoms with Crippen LogP contribution in [0.15, 0.2) is 54.9 Å². The van der Waals surface area contributed by atoms with Gasteiger partial charge in [-0.2, -0.15) is 0 Å². The van der Waals surface area contributed by atoms with Crippen molar-refractivity contribution in [2.24, 2.45) is 0 Å². The maximum absolute atomic E-state index is 12.0. The number of carbonyl (C=O) groups is 2. The van der Waals surface area contributed by atoms with Crippen molar-refractivity contribution in [2.75, 3.05) is 0 Å². The Bertz CT molecular complexity index is 678. The zero-order chi connectivity index (χ0) is 15.9. The predicted molar refractivity (Wildman–Crippen MR) is 81.8 cm³/mol. The summed E-state index contributed by atoms with van der Waals surface area (Å²) >= 11 is 0. The number of aliphatic carboxylic acids is 1. The highest BCUT2D eigenvalue weighted by molar-refractivity contribution is 6.06. The minimum atomic E-state index is -1.04. The number of hydrogen-bond donors (Lipinski definition) is 1. The SMILES string of the molecule is CC(Oc1ccc(C(=O)/C=C/c2cccnc2)cc1)C(=O)O. The fourth-order valence-corrected chi connectivity index (χ4v) is 1.69. The number of carboxylic acid groups (broad SMARTS) is 1. The first-order valence-corrected chi connectivity index (χ1v) is 6.68. The number of pyridine rings is 1. The van der Waals surface area contributed by atoms with E-state index in [2.05, 4.69) is 4.98 Å². The fraction of sp³-hybridized carbons (Fsp3) is 0.118. The Morgan fingerprint density at radius 1 is 1.23 bits per heavy atom. The van der Waals surface area contributed by atoms with E-state index < -0.39 is 12.1 Å². The van der Waals surface area contributed by atoms with Crippen LogP contribution in [0.5, 0.6) is 5.75 Å². The highest BCUT2D eigenvalue weighted by Crippen LogP contribution is 2.15. The molecule has 112 valence electrons. The Hall–Kier alpha value is -2.95. The maximum Gasteiger partial charge on any atom is 0.344 e. The molecule has 0 fully saturated rings. The number of allylic oxidation sites excluding steroid dienone is 1. The Morgan fingerprint density at radius 2 is 1.95 bits per heavy atom. The molecule has 1 aromatic heterocycles. The quantitative estimate of drug-likeness (QED) is 0.655. The van der Waals surface area contributed by atoms with Gasteiger partial charge in [-0.25, -0.2) is 4.79 Å². The number of ether oxygens (including phenoxy) is 1. The molecule has 0 saturated carbocycles. The summed E-state index contributed by atoms with van der Waals surface area (Å²) in [4.78, 5) is 26.7. The van der Waals surface area contributed by atoms with E-state index in [1.54, 1.807) is 48.8 Å². The molecule has 1 atom stereocenters. The predicted octanol–water partition coefficient (Wildman–Crippen LogP) is 2.83. The van der Waals surface area contributed by atoms with Gasteiger partial charge in [-0.1, -0.05) is 6.07 Å². The lowest BCUT2D eigenvalue weighted by Gasteiger charge is -2.10. The van der Waals surface area contributed by atoms with Gasteiger partial charge in [0, 0.05) is 18.0 Å². The van der Waals surface area contributed by atoms with Crippen LogP contribution in [0.1, 0.15) is 22.8 Å². The van der Waals surface area contributed by atoms with Gasteiger partial charge in [-0.05, 0) is 55.0 Å². The van der Waals surface area contributed by atoms with Crippen molar-refractivity contribution in [1.29, 1.82) is 0 Å². The number of rotatable bonds is 6. The lowest BCUT2D eigenvalue weighted by atomic mass is 10.1. The second kappa shape index (κ2) is 7.17. The summed E-state index contributed by atoms with van der Waals surface area (Å²) in [5.74, 6) is -0.788. The van der Waals surface area contributed by atoms with Crippen LogP contribution in [0, 0.1) is 0 Å². The first kappa shape index (κ1) is 15.4. The summed E-state index contributed by atoms with van der Waals surface area (Å²) in [6.45, 7) is 1.44. The molecule has 1 aromatic carbocycles. The molecule has 0 aliphatic heterocycles. The van der Waals surface area contributed by atoms with Gasteiger partial charge in [-0.3, -0.25) is 9.78 Å². The normalized spacial score (nSPS) is 12.0. The molecule has 1 heterocycles. The number of carboxylic acids is 1. The van der Waals surface area contributed by atoms with Gasteiger partial charge in [0.2, 0.25) is 0 Å². The van der Waals surface area contributed by atoms with E-state index >= 15 is 0 Å². The zero-order valence-corrected chi connectivity index (χ0v) is 12.0. The van der Waals surface area contributed by atoms with Crippen LogP contribution < -0.4 is 4.74 Å². The summed E-state index contributed by atoms with van der Waals surface area (Å²) in [6, 6.07) is 9.98.